The van der Waals surface area contributed by atoms with Crippen LogP contribution >= 0.6 is 23.2 Å². The zero-order valence-electron chi connectivity index (χ0n) is 18.5. The maximum Gasteiger partial charge on any atom is 0.165 e. The summed E-state index contributed by atoms with van der Waals surface area (Å²) in [7, 11) is -3.25. The van der Waals surface area contributed by atoms with Gasteiger partial charge < -0.3 is 18.9 Å². The van der Waals surface area contributed by atoms with E-state index in [0.717, 1.165) is 5.36 Å². The first-order chi connectivity index (χ1) is 15.9. The maximum absolute atomic E-state index is 12.3. The molecule has 0 saturated heterocycles. The van der Waals surface area contributed by atoms with Crippen LogP contribution in [0.3, 0.4) is 0 Å². The van der Waals surface area contributed by atoms with Crippen LogP contribution in [0.4, 0.5) is 0 Å². The Balaban J connectivity index is 1.55. The van der Waals surface area contributed by atoms with Crippen LogP contribution in [-0.2, 0) is 28.8 Å². The van der Waals surface area contributed by atoms with E-state index in [4.69, 9.17) is 48.6 Å². The average Bonchev–Trinajstić information content (AvgIpc) is 3.15. The van der Waals surface area contributed by atoms with Gasteiger partial charge in [-0.25, -0.2) is 8.42 Å². The third-order valence-electron chi connectivity index (χ3n) is 4.68. The van der Waals surface area contributed by atoms with Gasteiger partial charge in [-0.1, -0.05) is 17.5 Å². The molecule has 1 aliphatic rings. The van der Waals surface area contributed by atoms with E-state index >= 15 is 0 Å². The molecule has 0 radical (unpaired) electrons. The fraction of sp³-hybridized carbons (Fsp3) is 0.636. The van der Waals surface area contributed by atoms with E-state index in [-0.39, 0.29) is 30.6 Å². The number of hydrogen-bond acceptors (Lipinski definition) is 8. The Hall–Kier alpha value is -1.25. The van der Waals surface area contributed by atoms with Crippen molar-refractivity contribution in [3.63, 3.8) is 0 Å². The summed E-state index contributed by atoms with van der Waals surface area (Å²) in [6.45, 7) is 2.83. The maximum atomic E-state index is 12.3. The molecular weight excluding hydrogens is 491 g/mol. The van der Waals surface area contributed by atoms with E-state index in [1.54, 1.807) is 18.2 Å². The van der Waals surface area contributed by atoms with Gasteiger partial charge in [0.25, 0.3) is 0 Å². The number of alkyl halides is 1. The first-order valence-electron chi connectivity index (χ1n) is 10.7. The summed E-state index contributed by atoms with van der Waals surface area (Å²) in [5, 5.41) is 1.97. The lowest BCUT2D eigenvalue weighted by atomic mass is 10.1. The van der Waals surface area contributed by atoms with Crippen LogP contribution in [0.2, 0.25) is 5.02 Å². The van der Waals surface area contributed by atoms with Crippen molar-refractivity contribution in [2.45, 2.75) is 18.5 Å². The second kappa shape index (κ2) is 14.9. The molecule has 184 valence electrons. The summed E-state index contributed by atoms with van der Waals surface area (Å²) in [5.74, 6) is 2.52. The average molecular weight is 521 g/mol. The molecule has 11 heteroatoms. The van der Waals surface area contributed by atoms with E-state index in [9.17, 15) is 8.42 Å². The first kappa shape index (κ1) is 28.0. The molecule has 1 aliphatic heterocycles. The van der Waals surface area contributed by atoms with Gasteiger partial charge in [0.15, 0.2) is 15.5 Å². The summed E-state index contributed by atoms with van der Waals surface area (Å²) in [5.41, 5.74) is -0.837. The van der Waals surface area contributed by atoms with Crippen molar-refractivity contribution in [3.8, 4) is 12.3 Å². The summed E-state index contributed by atoms with van der Waals surface area (Å²) in [6, 6.07) is 5.27. The molecule has 0 saturated carbocycles. The van der Waals surface area contributed by atoms with Gasteiger partial charge in [-0.05, 0) is 31.0 Å². The quantitative estimate of drug-likeness (QED) is 0.165. The molecular formula is C22H30Cl2N2O6S. The molecule has 1 heterocycles. The van der Waals surface area contributed by atoms with Crippen molar-refractivity contribution in [1.82, 2.24) is 0 Å². The highest BCUT2D eigenvalue weighted by Gasteiger charge is 2.30. The molecule has 0 aliphatic carbocycles. The standard InChI is InChI=1S/C22H30Cl2N2O6S/c1-2-7-29-8-9-30-10-11-31-12-13-32-14-16-33(27,28)15-3-6-22(18-23)25-20-5-4-19(24)17-21(20)26-22/h1,4-5,17H,3,6-16,18H2. The highest BCUT2D eigenvalue weighted by Crippen LogP contribution is 2.23. The Labute approximate surface area is 205 Å². The third kappa shape index (κ3) is 10.7. The second-order valence-corrected chi connectivity index (χ2v) is 10.3. The molecule has 1 atom stereocenters. The van der Waals surface area contributed by atoms with Crippen LogP contribution in [0.25, 0.3) is 0 Å². The van der Waals surface area contributed by atoms with E-state index < -0.39 is 15.5 Å². The van der Waals surface area contributed by atoms with Crippen molar-refractivity contribution in [1.29, 1.82) is 0 Å². The molecule has 0 amide bonds. The van der Waals surface area contributed by atoms with E-state index in [1.165, 1.54) is 0 Å². The highest BCUT2D eigenvalue weighted by atomic mass is 35.5. The summed E-state index contributed by atoms with van der Waals surface area (Å²) in [6.07, 6.45) is 5.90. The lowest BCUT2D eigenvalue weighted by molar-refractivity contribution is 0.00302. The number of ether oxygens (including phenoxy) is 4. The number of hydrogen-bond donors (Lipinski definition) is 0. The van der Waals surface area contributed by atoms with Crippen molar-refractivity contribution >= 4 is 33.0 Å². The number of nitrogens with zero attached hydrogens (tertiary/aromatic N) is 2. The number of halogens is 2. The zero-order chi connectivity index (χ0) is 24.0. The number of rotatable bonds is 18. The van der Waals surface area contributed by atoms with Crippen molar-refractivity contribution in [2.24, 2.45) is 9.98 Å². The van der Waals surface area contributed by atoms with Gasteiger partial charge >= 0.3 is 0 Å². The summed E-state index contributed by atoms with van der Waals surface area (Å²) >= 11 is 12.1. The van der Waals surface area contributed by atoms with Crippen LogP contribution in [0, 0.1) is 12.3 Å². The normalized spacial score (nSPS) is 17.2. The van der Waals surface area contributed by atoms with Crippen molar-refractivity contribution in [3.05, 3.63) is 33.9 Å². The van der Waals surface area contributed by atoms with E-state index in [2.05, 4.69) is 15.9 Å². The minimum absolute atomic E-state index is 0.0238. The highest BCUT2D eigenvalue weighted by molar-refractivity contribution is 7.91. The molecule has 1 unspecified atom stereocenters. The Morgan fingerprint density at radius 3 is 2.15 bits per heavy atom. The molecule has 0 spiro atoms. The van der Waals surface area contributed by atoms with E-state index in [0.29, 0.717) is 62.9 Å². The molecule has 0 bridgehead atoms. The Morgan fingerprint density at radius 2 is 1.52 bits per heavy atom. The first-order valence-corrected chi connectivity index (χ1v) is 13.4. The van der Waals surface area contributed by atoms with Crippen LogP contribution in [0.5, 0.6) is 0 Å². The van der Waals surface area contributed by atoms with Crippen molar-refractivity contribution in [2.75, 3.05) is 70.2 Å². The fourth-order valence-corrected chi connectivity index (χ4v) is 4.63. The summed E-state index contributed by atoms with van der Waals surface area (Å²) in [4.78, 5) is 9.17. The zero-order valence-corrected chi connectivity index (χ0v) is 20.8. The molecule has 33 heavy (non-hydrogen) atoms. The summed E-state index contributed by atoms with van der Waals surface area (Å²) < 4.78 is 45.7. The number of benzene rings is 1. The minimum Gasteiger partial charge on any atom is -0.378 e. The predicted octanol–water partition coefficient (Wildman–Crippen LogP) is 1.42. The second-order valence-electron chi connectivity index (χ2n) is 7.32. The molecule has 0 N–H and O–H groups in total. The van der Waals surface area contributed by atoms with Crippen LogP contribution in [-0.4, -0.2) is 84.3 Å². The monoisotopic (exact) mass is 520 g/mol. The van der Waals surface area contributed by atoms with Crippen molar-refractivity contribution < 1.29 is 27.4 Å². The Kier molecular flexibility index (Phi) is 12.6. The van der Waals surface area contributed by atoms with Crippen LogP contribution in [0.15, 0.2) is 28.2 Å². The fourth-order valence-electron chi connectivity index (χ4n) is 3.05. The third-order valence-corrected chi connectivity index (χ3v) is 7.04. The lowest BCUT2D eigenvalue weighted by Crippen LogP contribution is -2.27. The minimum atomic E-state index is -3.25. The van der Waals surface area contributed by atoms with Gasteiger partial charge in [0.1, 0.15) is 6.61 Å². The number of fused-ring (bicyclic) bond motifs is 1. The Morgan fingerprint density at radius 1 is 0.909 bits per heavy atom. The van der Waals surface area contributed by atoms with E-state index in [1.807, 2.05) is 0 Å². The van der Waals surface area contributed by atoms with Gasteiger partial charge in [0.05, 0.1) is 74.3 Å². The molecule has 0 fully saturated rings. The molecule has 1 aromatic rings. The van der Waals surface area contributed by atoms with Gasteiger partial charge in [-0.15, -0.1) is 18.0 Å². The molecule has 8 nitrogen and oxygen atoms in total. The van der Waals surface area contributed by atoms with Gasteiger partial charge in [0.2, 0.25) is 0 Å². The van der Waals surface area contributed by atoms with Gasteiger partial charge in [-0.2, -0.15) is 0 Å². The van der Waals surface area contributed by atoms with Gasteiger partial charge in [-0.3, -0.25) is 9.98 Å². The Bertz CT molecular complexity index is 999. The predicted molar refractivity (Wildman–Crippen MR) is 127 cm³/mol. The SMILES string of the molecule is C#CCOCCOCCOCCOCCS(=O)(=O)CCCC1(CCl)N=c2ccc(Cl)cc2=N1. The largest absolute Gasteiger partial charge is 0.378 e. The number of sulfone groups is 1. The van der Waals surface area contributed by atoms with Crippen LogP contribution < -0.4 is 10.7 Å². The number of terminal acetylenes is 1. The lowest BCUT2D eigenvalue weighted by Gasteiger charge is -2.19. The van der Waals surface area contributed by atoms with Gasteiger partial charge in [0, 0.05) is 5.02 Å². The molecule has 0 aromatic heterocycles. The molecule has 2 rings (SSSR count). The topological polar surface area (TPSA) is 95.8 Å². The molecule has 1 aromatic carbocycles. The smallest absolute Gasteiger partial charge is 0.165 e. The van der Waals surface area contributed by atoms with Crippen LogP contribution in [0.1, 0.15) is 12.8 Å².